The maximum Gasteiger partial charge on any atom is 1.00 e. The first-order valence-electron chi connectivity index (χ1n) is 9.96. The van der Waals surface area contributed by atoms with Gasteiger partial charge in [-0.2, -0.15) is 8.42 Å². The number of para-hydroxylation sites is 1. The minimum absolute atomic E-state index is 0. The molecule has 0 saturated carbocycles. The molecule has 0 unspecified atom stereocenters. The first-order chi connectivity index (χ1) is 13.4. The predicted octanol–water partition coefficient (Wildman–Crippen LogP) is 2.49. The molecule has 0 spiro atoms. The van der Waals surface area contributed by atoms with Gasteiger partial charge in [-0.3, -0.25) is 4.55 Å². The summed E-state index contributed by atoms with van der Waals surface area (Å²) in [6, 6.07) is 11.1. The monoisotopic (exact) mass is 428 g/mol. The Hall–Kier alpha value is -1.05. The number of hydrogen-bond acceptors (Lipinski definition) is 4. The average molecular weight is 429 g/mol. The maximum absolute atomic E-state index is 12.3. The quantitative estimate of drug-likeness (QED) is 0.319. The van der Waals surface area contributed by atoms with Gasteiger partial charge in [0.2, 0.25) is 0 Å². The SMILES string of the molecule is CCCCCCCCCCc1cc(Oc2ccccc2)c(S(=O)(=O)O)cc1[O-].[Na+]. The van der Waals surface area contributed by atoms with Crippen molar-refractivity contribution in [3.63, 3.8) is 0 Å². The van der Waals surface area contributed by atoms with Gasteiger partial charge in [0, 0.05) is 0 Å². The summed E-state index contributed by atoms with van der Waals surface area (Å²) >= 11 is 0. The van der Waals surface area contributed by atoms with Crippen LogP contribution in [0.5, 0.6) is 17.2 Å². The van der Waals surface area contributed by atoms with Gasteiger partial charge in [0.15, 0.2) is 0 Å². The van der Waals surface area contributed by atoms with E-state index in [1.807, 2.05) is 6.07 Å². The van der Waals surface area contributed by atoms with Gasteiger partial charge >= 0.3 is 29.6 Å². The molecule has 29 heavy (non-hydrogen) atoms. The minimum Gasteiger partial charge on any atom is -0.872 e. The molecular weight excluding hydrogens is 399 g/mol. The van der Waals surface area contributed by atoms with Crippen LogP contribution in [-0.2, 0) is 16.5 Å². The molecule has 0 saturated heterocycles. The van der Waals surface area contributed by atoms with Gasteiger partial charge in [-0.15, -0.1) is 5.75 Å². The Morgan fingerprint density at radius 2 is 1.52 bits per heavy atom. The minimum atomic E-state index is -4.56. The van der Waals surface area contributed by atoms with Crippen molar-refractivity contribution in [2.24, 2.45) is 0 Å². The number of unbranched alkanes of at least 4 members (excludes halogenated alkanes) is 7. The van der Waals surface area contributed by atoms with E-state index in [0.29, 0.717) is 17.7 Å². The van der Waals surface area contributed by atoms with Crippen LogP contribution >= 0.6 is 0 Å². The third-order valence-corrected chi connectivity index (χ3v) is 5.55. The summed E-state index contributed by atoms with van der Waals surface area (Å²) in [5.41, 5.74) is 0.504. The Kier molecular flexibility index (Phi) is 11.9. The molecule has 0 aliphatic carbocycles. The molecule has 5 nitrogen and oxygen atoms in total. The number of aryl methyl sites for hydroxylation is 1. The smallest absolute Gasteiger partial charge is 0.872 e. The molecule has 154 valence electrons. The Bertz CT molecular complexity index is 838. The molecule has 2 rings (SSSR count). The summed E-state index contributed by atoms with van der Waals surface area (Å²) in [5, 5.41) is 12.3. The average Bonchev–Trinajstić information content (AvgIpc) is 2.66. The molecule has 0 fully saturated rings. The zero-order valence-electron chi connectivity index (χ0n) is 17.4. The number of benzene rings is 2. The number of hydrogen-bond donors (Lipinski definition) is 1. The molecule has 1 N–H and O–H groups in total. The van der Waals surface area contributed by atoms with Gasteiger partial charge in [0.05, 0.1) is 0 Å². The molecule has 0 bridgehead atoms. The predicted molar refractivity (Wildman–Crippen MR) is 109 cm³/mol. The normalized spacial score (nSPS) is 11.1. The van der Waals surface area contributed by atoms with E-state index in [0.717, 1.165) is 25.3 Å². The standard InChI is InChI=1S/C22H30O5S.Na/c1-2-3-4-5-6-7-8-10-13-18-16-21(27-19-14-11-9-12-15-19)22(17-20(18)23)28(24,25)26;/h9,11-12,14-17,23H,2-8,10,13H2,1H3,(H,24,25,26);/q;+1/p-1. The van der Waals surface area contributed by atoms with E-state index in [2.05, 4.69) is 6.92 Å². The molecule has 0 aliphatic heterocycles. The summed E-state index contributed by atoms with van der Waals surface area (Å²) in [5.74, 6) is 0.0166. The van der Waals surface area contributed by atoms with Crippen molar-refractivity contribution < 1.29 is 52.4 Å². The third kappa shape index (κ3) is 9.09. The molecule has 0 amide bonds. The van der Waals surface area contributed by atoms with Crippen molar-refractivity contribution in [3.05, 3.63) is 48.0 Å². The molecule has 2 aromatic carbocycles. The van der Waals surface area contributed by atoms with Gasteiger partial charge in [-0.05, 0) is 37.1 Å². The van der Waals surface area contributed by atoms with E-state index in [-0.39, 0.29) is 35.3 Å². The van der Waals surface area contributed by atoms with Crippen LogP contribution < -0.4 is 39.4 Å². The fraction of sp³-hybridized carbons (Fsp3) is 0.455. The summed E-state index contributed by atoms with van der Waals surface area (Å²) < 4.78 is 38.4. The van der Waals surface area contributed by atoms with E-state index in [1.165, 1.54) is 38.2 Å². The van der Waals surface area contributed by atoms with Crippen molar-refractivity contribution in [2.45, 2.75) is 69.6 Å². The van der Waals surface area contributed by atoms with Crippen LogP contribution in [0, 0.1) is 0 Å². The van der Waals surface area contributed by atoms with E-state index in [4.69, 9.17) is 4.74 Å². The van der Waals surface area contributed by atoms with Gasteiger partial charge in [-0.25, -0.2) is 0 Å². The third-order valence-electron chi connectivity index (χ3n) is 4.68. The fourth-order valence-electron chi connectivity index (χ4n) is 3.12. The number of ether oxygens (including phenoxy) is 1. The first-order valence-corrected chi connectivity index (χ1v) is 11.4. The molecule has 0 heterocycles. The summed E-state index contributed by atoms with van der Waals surface area (Å²) in [6.07, 6.45) is 9.83. The van der Waals surface area contributed by atoms with Gasteiger partial charge in [0.1, 0.15) is 16.4 Å². The Morgan fingerprint density at radius 1 is 0.931 bits per heavy atom. The van der Waals surface area contributed by atoms with Crippen LogP contribution in [0.2, 0.25) is 0 Å². The molecule has 2 aromatic rings. The summed E-state index contributed by atoms with van der Waals surface area (Å²) in [7, 11) is -4.56. The van der Waals surface area contributed by atoms with Crippen molar-refractivity contribution in [2.75, 3.05) is 0 Å². The largest absolute Gasteiger partial charge is 1.00 e. The van der Waals surface area contributed by atoms with Gasteiger partial charge in [0.25, 0.3) is 10.1 Å². The van der Waals surface area contributed by atoms with Gasteiger partial charge in [-0.1, -0.05) is 75.6 Å². The van der Waals surface area contributed by atoms with E-state index < -0.39 is 20.8 Å². The van der Waals surface area contributed by atoms with Gasteiger partial charge < -0.3 is 9.84 Å². The Morgan fingerprint density at radius 3 is 2.10 bits per heavy atom. The maximum atomic E-state index is 12.3. The van der Waals surface area contributed by atoms with Crippen molar-refractivity contribution in [1.82, 2.24) is 0 Å². The molecular formula is C22H29NaO5S. The van der Waals surface area contributed by atoms with Crippen LogP contribution in [0.4, 0.5) is 0 Å². The van der Waals surface area contributed by atoms with Crippen LogP contribution in [0.3, 0.4) is 0 Å². The summed E-state index contributed by atoms with van der Waals surface area (Å²) in [6.45, 7) is 2.20. The van der Waals surface area contributed by atoms with E-state index >= 15 is 0 Å². The second kappa shape index (κ2) is 13.3. The zero-order valence-corrected chi connectivity index (χ0v) is 20.2. The van der Waals surface area contributed by atoms with E-state index in [9.17, 15) is 18.1 Å². The topological polar surface area (TPSA) is 86.7 Å². The summed E-state index contributed by atoms with van der Waals surface area (Å²) in [4.78, 5) is -0.499. The molecule has 0 aromatic heterocycles. The molecule has 0 aliphatic rings. The second-order valence-corrected chi connectivity index (χ2v) is 8.41. The Balaban J connectivity index is 0.00000420. The van der Waals surface area contributed by atoms with Crippen molar-refractivity contribution in [3.8, 4) is 17.2 Å². The van der Waals surface area contributed by atoms with Crippen LogP contribution in [0.15, 0.2) is 47.4 Å². The van der Waals surface area contributed by atoms with Crippen LogP contribution in [-0.4, -0.2) is 13.0 Å². The second-order valence-electron chi connectivity index (χ2n) is 7.02. The molecule has 0 atom stereocenters. The van der Waals surface area contributed by atoms with Crippen molar-refractivity contribution in [1.29, 1.82) is 0 Å². The van der Waals surface area contributed by atoms with Crippen molar-refractivity contribution >= 4 is 10.1 Å². The zero-order chi connectivity index (χ0) is 20.4. The molecule has 7 heteroatoms. The Labute approximate surface area is 196 Å². The van der Waals surface area contributed by atoms with E-state index in [1.54, 1.807) is 24.3 Å². The van der Waals surface area contributed by atoms with Crippen LogP contribution in [0.25, 0.3) is 0 Å². The van der Waals surface area contributed by atoms with Crippen LogP contribution in [0.1, 0.15) is 63.9 Å². The fourth-order valence-corrected chi connectivity index (χ4v) is 3.74. The first kappa shape index (κ1) is 26.0. The number of rotatable bonds is 12. The molecule has 0 radical (unpaired) electrons.